The Morgan fingerprint density at radius 1 is 1.07 bits per heavy atom. The summed E-state index contributed by atoms with van der Waals surface area (Å²) in [6.45, 7) is 5.49. The minimum Gasteiger partial charge on any atom is -0.329 e. The molecule has 90 valence electrons. The average molecular weight is 212 g/mol. The van der Waals surface area contributed by atoms with Crippen molar-refractivity contribution in [2.24, 2.45) is 5.73 Å². The van der Waals surface area contributed by atoms with E-state index in [1.54, 1.807) is 0 Å². The van der Waals surface area contributed by atoms with Crippen molar-refractivity contribution >= 4 is 0 Å². The monoisotopic (exact) mass is 212 g/mol. The average Bonchev–Trinajstić information content (AvgIpc) is 2.15. The fraction of sp³-hybridized carbons (Fsp3) is 1.00. The normalized spacial score (nSPS) is 17.0. The number of nitrogens with zero attached hydrogens (tertiary/aromatic N) is 1. The minimum atomic E-state index is 0.825. The molecule has 0 bridgehead atoms. The Morgan fingerprint density at radius 3 is 2.33 bits per heavy atom. The van der Waals surface area contributed by atoms with Gasteiger partial charge >= 0.3 is 0 Å². The molecule has 2 nitrogen and oxygen atoms in total. The molecule has 0 amide bonds. The summed E-state index contributed by atoms with van der Waals surface area (Å²) in [5.74, 6) is 0. The van der Waals surface area contributed by atoms with Crippen molar-refractivity contribution in [1.82, 2.24) is 4.90 Å². The lowest BCUT2D eigenvalue weighted by Crippen LogP contribution is -2.43. The fourth-order valence-corrected chi connectivity index (χ4v) is 2.31. The first-order valence-corrected chi connectivity index (χ1v) is 6.82. The molecule has 0 spiro atoms. The molecule has 0 atom stereocenters. The number of hydrogen-bond acceptors (Lipinski definition) is 2. The first-order chi connectivity index (χ1) is 7.38. The van der Waals surface area contributed by atoms with Crippen LogP contribution in [-0.2, 0) is 0 Å². The molecule has 0 radical (unpaired) electrons. The maximum Gasteiger partial charge on any atom is 0.0108 e. The summed E-state index contributed by atoms with van der Waals surface area (Å²) in [6.07, 6.45) is 11.2. The maximum atomic E-state index is 5.66. The smallest absolute Gasteiger partial charge is 0.0108 e. The van der Waals surface area contributed by atoms with Crippen molar-refractivity contribution in [3.05, 3.63) is 0 Å². The van der Waals surface area contributed by atoms with Gasteiger partial charge in [-0.05, 0) is 25.8 Å². The zero-order valence-electron chi connectivity index (χ0n) is 10.4. The van der Waals surface area contributed by atoms with Gasteiger partial charge < -0.3 is 5.73 Å². The molecular formula is C13H28N2. The first-order valence-electron chi connectivity index (χ1n) is 6.82. The van der Waals surface area contributed by atoms with Crippen LogP contribution in [0.15, 0.2) is 0 Å². The van der Waals surface area contributed by atoms with Crippen LogP contribution in [0.2, 0.25) is 0 Å². The molecule has 0 saturated heterocycles. The second-order valence-electron chi connectivity index (χ2n) is 4.82. The Labute approximate surface area is 95.2 Å². The molecule has 15 heavy (non-hydrogen) atoms. The zero-order chi connectivity index (χ0) is 10.9. The lowest BCUT2D eigenvalue weighted by atomic mass is 9.91. The van der Waals surface area contributed by atoms with Crippen LogP contribution in [0.3, 0.4) is 0 Å². The van der Waals surface area contributed by atoms with E-state index >= 15 is 0 Å². The van der Waals surface area contributed by atoms with Crippen LogP contribution < -0.4 is 5.73 Å². The van der Waals surface area contributed by atoms with Crippen molar-refractivity contribution < 1.29 is 0 Å². The Bertz CT molecular complexity index is 143. The molecule has 0 aromatic rings. The van der Waals surface area contributed by atoms with Gasteiger partial charge in [0.2, 0.25) is 0 Å². The maximum absolute atomic E-state index is 5.66. The third kappa shape index (κ3) is 4.98. The highest BCUT2D eigenvalue weighted by molar-refractivity contribution is 4.80. The van der Waals surface area contributed by atoms with Crippen LogP contribution in [0.4, 0.5) is 0 Å². The van der Waals surface area contributed by atoms with Crippen LogP contribution in [0.1, 0.15) is 58.3 Å². The second-order valence-corrected chi connectivity index (χ2v) is 4.82. The van der Waals surface area contributed by atoms with Gasteiger partial charge in [-0.15, -0.1) is 0 Å². The summed E-state index contributed by atoms with van der Waals surface area (Å²) < 4.78 is 0. The van der Waals surface area contributed by atoms with Gasteiger partial charge in [-0.1, -0.05) is 39.0 Å². The van der Waals surface area contributed by atoms with Gasteiger partial charge in [-0.2, -0.15) is 0 Å². The molecule has 2 N–H and O–H groups in total. The Morgan fingerprint density at radius 2 is 1.80 bits per heavy atom. The van der Waals surface area contributed by atoms with E-state index in [2.05, 4.69) is 11.8 Å². The van der Waals surface area contributed by atoms with E-state index in [0.29, 0.717) is 0 Å². The van der Waals surface area contributed by atoms with Gasteiger partial charge in [0, 0.05) is 19.1 Å². The third-order valence-corrected chi connectivity index (χ3v) is 3.56. The lowest BCUT2D eigenvalue weighted by molar-refractivity contribution is 0.128. The van der Waals surface area contributed by atoms with Crippen molar-refractivity contribution in [3.63, 3.8) is 0 Å². The zero-order valence-corrected chi connectivity index (χ0v) is 10.4. The molecule has 1 saturated carbocycles. The summed E-state index contributed by atoms with van der Waals surface area (Å²) in [5, 5.41) is 0. The van der Waals surface area contributed by atoms with Gasteiger partial charge in [-0.25, -0.2) is 0 Å². The van der Waals surface area contributed by atoms with Gasteiger partial charge in [0.15, 0.2) is 0 Å². The quantitative estimate of drug-likeness (QED) is 0.595. The van der Waals surface area contributed by atoms with E-state index in [1.165, 1.54) is 57.9 Å². The van der Waals surface area contributed by atoms with E-state index in [1.807, 2.05) is 0 Å². The summed E-state index contributed by atoms with van der Waals surface area (Å²) >= 11 is 0. The van der Waals surface area contributed by atoms with Crippen LogP contribution in [0.5, 0.6) is 0 Å². The summed E-state index contributed by atoms with van der Waals surface area (Å²) in [7, 11) is 0. The van der Waals surface area contributed by atoms with E-state index in [-0.39, 0.29) is 0 Å². The van der Waals surface area contributed by atoms with Gasteiger partial charge in [0.25, 0.3) is 0 Å². The molecular weight excluding hydrogens is 184 g/mol. The number of rotatable bonds is 9. The SMILES string of the molecule is CCCCCCCN(CCN)C1CCC1. The van der Waals surface area contributed by atoms with Crippen molar-refractivity contribution in [3.8, 4) is 0 Å². The molecule has 1 fully saturated rings. The van der Waals surface area contributed by atoms with E-state index < -0.39 is 0 Å². The predicted octanol–water partition coefficient (Wildman–Crippen LogP) is 2.77. The van der Waals surface area contributed by atoms with E-state index in [0.717, 1.165) is 19.1 Å². The fourth-order valence-electron chi connectivity index (χ4n) is 2.31. The topological polar surface area (TPSA) is 29.3 Å². The summed E-state index contributed by atoms with van der Waals surface area (Å²) in [6, 6.07) is 0.875. The molecule has 0 unspecified atom stereocenters. The molecule has 1 rings (SSSR count). The number of hydrogen-bond donors (Lipinski definition) is 1. The van der Waals surface area contributed by atoms with Crippen molar-refractivity contribution in [2.75, 3.05) is 19.6 Å². The second kappa shape index (κ2) is 8.12. The first kappa shape index (κ1) is 13.0. The minimum absolute atomic E-state index is 0.825. The molecule has 2 heteroatoms. The number of unbranched alkanes of at least 4 members (excludes halogenated alkanes) is 4. The standard InChI is InChI=1S/C13H28N2/c1-2-3-4-5-6-11-15(12-10-14)13-8-7-9-13/h13H,2-12,14H2,1H3. The predicted molar refractivity (Wildman–Crippen MR) is 67.0 cm³/mol. The molecule has 0 aliphatic heterocycles. The van der Waals surface area contributed by atoms with Crippen LogP contribution >= 0.6 is 0 Å². The largest absolute Gasteiger partial charge is 0.329 e. The molecule has 0 aromatic heterocycles. The lowest BCUT2D eigenvalue weighted by Gasteiger charge is -2.37. The highest BCUT2D eigenvalue weighted by Gasteiger charge is 2.23. The highest BCUT2D eigenvalue weighted by Crippen LogP contribution is 2.24. The molecule has 0 aromatic carbocycles. The van der Waals surface area contributed by atoms with Crippen LogP contribution in [0, 0.1) is 0 Å². The number of nitrogens with two attached hydrogens (primary N) is 1. The van der Waals surface area contributed by atoms with Crippen LogP contribution in [-0.4, -0.2) is 30.6 Å². The third-order valence-electron chi connectivity index (χ3n) is 3.56. The van der Waals surface area contributed by atoms with E-state index in [9.17, 15) is 0 Å². The Kier molecular flexibility index (Phi) is 7.03. The van der Waals surface area contributed by atoms with Gasteiger partial charge in [-0.3, -0.25) is 4.90 Å². The van der Waals surface area contributed by atoms with E-state index in [4.69, 9.17) is 5.73 Å². The molecule has 1 aliphatic carbocycles. The molecule has 1 aliphatic rings. The molecule has 0 heterocycles. The highest BCUT2D eigenvalue weighted by atomic mass is 15.2. The van der Waals surface area contributed by atoms with Gasteiger partial charge in [0.05, 0.1) is 0 Å². The Hall–Kier alpha value is -0.0800. The van der Waals surface area contributed by atoms with Gasteiger partial charge in [0.1, 0.15) is 0 Å². The van der Waals surface area contributed by atoms with Crippen molar-refractivity contribution in [2.45, 2.75) is 64.3 Å². The Balaban J connectivity index is 2.03. The van der Waals surface area contributed by atoms with Crippen molar-refractivity contribution in [1.29, 1.82) is 0 Å². The van der Waals surface area contributed by atoms with Crippen LogP contribution in [0.25, 0.3) is 0 Å². The summed E-state index contributed by atoms with van der Waals surface area (Å²) in [5.41, 5.74) is 5.66. The summed E-state index contributed by atoms with van der Waals surface area (Å²) in [4.78, 5) is 2.62.